The molecule has 0 N–H and O–H groups in total. The zero-order valence-electron chi connectivity index (χ0n) is 11.1. The average Bonchev–Trinajstić information content (AvgIpc) is 2.88. The van der Waals surface area contributed by atoms with Gasteiger partial charge in [-0.2, -0.15) is 0 Å². The highest BCUT2D eigenvalue weighted by molar-refractivity contribution is 8.00. The maximum atomic E-state index is 13.8. The molecule has 5 heteroatoms. The van der Waals surface area contributed by atoms with Crippen LogP contribution in [0.2, 0.25) is 0 Å². The van der Waals surface area contributed by atoms with E-state index in [1.807, 2.05) is 12.1 Å². The maximum Gasteiger partial charge on any atom is 0.190 e. The number of benzene rings is 2. The van der Waals surface area contributed by atoms with Crippen LogP contribution in [-0.2, 0) is 12.3 Å². The van der Waals surface area contributed by atoms with Crippen molar-refractivity contribution in [3.8, 4) is 5.75 Å². The Labute approximate surface area is 131 Å². The summed E-state index contributed by atoms with van der Waals surface area (Å²) in [5.74, 6) is -1.65. The van der Waals surface area contributed by atoms with Gasteiger partial charge < -0.3 is 4.74 Å². The summed E-state index contributed by atoms with van der Waals surface area (Å²) in [5.41, 5.74) is 1.66. The Bertz CT molecular complexity index is 614. The van der Waals surface area contributed by atoms with E-state index >= 15 is 0 Å². The van der Waals surface area contributed by atoms with Gasteiger partial charge in [-0.1, -0.05) is 18.2 Å². The van der Waals surface area contributed by atoms with E-state index in [0.717, 1.165) is 6.42 Å². The van der Waals surface area contributed by atoms with Crippen LogP contribution in [0.5, 0.6) is 5.75 Å². The molecule has 0 spiro atoms. The van der Waals surface area contributed by atoms with Crippen LogP contribution in [0.3, 0.4) is 0 Å². The van der Waals surface area contributed by atoms with E-state index in [0.29, 0.717) is 5.56 Å². The van der Waals surface area contributed by atoms with Gasteiger partial charge in [-0.25, -0.2) is 8.78 Å². The number of ether oxygens (including phenoxy) is 1. The van der Waals surface area contributed by atoms with Gasteiger partial charge in [-0.05, 0) is 35.7 Å². The number of fused-ring (bicyclic) bond motifs is 1. The Hall–Kier alpha value is -1.26. The van der Waals surface area contributed by atoms with Gasteiger partial charge in [0.15, 0.2) is 17.4 Å². The summed E-state index contributed by atoms with van der Waals surface area (Å²) >= 11 is 7.26. The van der Waals surface area contributed by atoms with Crippen molar-refractivity contribution in [1.82, 2.24) is 0 Å². The Balaban J connectivity index is 1.67. The van der Waals surface area contributed by atoms with Crippen molar-refractivity contribution >= 4 is 23.4 Å². The first-order valence-corrected chi connectivity index (χ1v) is 8.00. The third kappa shape index (κ3) is 3.16. The van der Waals surface area contributed by atoms with Crippen LogP contribution in [0.4, 0.5) is 8.78 Å². The largest absolute Gasteiger partial charge is 0.486 e. The molecule has 2 aromatic carbocycles. The van der Waals surface area contributed by atoms with Crippen molar-refractivity contribution in [2.24, 2.45) is 0 Å². The van der Waals surface area contributed by atoms with Crippen molar-refractivity contribution in [2.75, 3.05) is 6.61 Å². The lowest BCUT2D eigenvalue weighted by Gasteiger charge is -2.13. The second-order valence-electron chi connectivity index (χ2n) is 4.88. The molecule has 2 aromatic rings. The topological polar surface area (TPSA) is 9.23 Å². The molecule has 21 heavy (non-hydrogen) atoms. The Morgan fingerprint density at radius 1 is 1.19 bits per heavy atom. The van der Waals surface area contributed by atoms with Crippen molar-refractivity contribution in [2.45, 2.75) is 22.4 Å². The van der Waals surface area contributed by atoms with Crippen molar-refractivity contribution < 1.29 is 13.5 Å². The first-order valence-electron chi connectivity index (χ1n) is 6.58. The third-order valence-electron chi connectivity index (χ3n) is 3.34. The van der Waals surface area contributed by atoms with Crippen molar-refractivity contribution in [3.05, 3.63) is 59.2 Å². The van der Waals surface area contributed by atoms with Crippen LogP contribution >= 0.6 is 23.4 Å². The fourth-order valence-corrected chi connectivity index (χ4v) is 3.72. The molecule has 3 rings (SSSR count). The van der Waals surface area contributed by atoms with Crippen molar-refractivity contribution in [3.63, 3.8) is 0 Å². The highest BCUT2D eigenvalue weighted by Gasteiger charge is 2.23. The van der Waals surface area contributed by atoms with E-state index < -0.39 is 11.6 Å². The first kappa shape index (κ1) is 14.7. The molecular weight excluding hydrogens is 314 g/mol. The van der Waals surface area contributed by atoms with E-state index in [1.54, 1.807) is 11.8 Å². The fraction of sp³-hybridized carbons (Fsp3) is 0.250. The Kier molecular flexibility index (Phi) is 4.36. The molecule has 1 nitrogen and oxygen atoms in total. The van der Waals surface area contributed by atoms with Gasteiger partial charge in [-0.3, -0.25) is 0 Å². The SMILES string of the molecule is Fc1cc(CCl)cc(F)c1OCC1Cc2ccccc2S1. The second kappa shape index (κ2) is 6.24. The number of hydrogen-bond acceptors (Lipinski definition) is 2. The summed E-state index contributed by atoms with van der Waals surface area (Å²) in [6, 6.07) is 10.5. The van der Waals surface area contributed by atoms with Crippen molar-refractivity contribution in [1.29, 1.82) is 0 Å². The molecule has 1 aliphatic heterocycles. The summed E-state index contributed by atoms with van der Waals surface area (Å²) in [6.45, 7) is 0.271. The summed E-state index contributed by atoms with van der Waals surface area (Å²) in [7, 11) is 0. The van der Waals surface area contributed by atoms with Crippen LogP contribution in [0, 0.1) is 11.6 Å². The van der Waals surface area contributed by atoms with Crippen LogP contribution in [0.1, 0.15) is 11.1 Å². The molecule has 1 aliphatic rings. The van der Waals surface area contributed by atoms with Crippen LogP contribution in [0.15, 0.2) is 41.3 Å². The third-order valence-corrected chi connectivity index (χ3v) is 4.94. The van der Waals surface area contributed by atoms with E-state index in [1.165, 1.54) is 22.6 Å². The Morgan fingerprint density at radius 2 is 1.90 bits per heavy atom. The molecule has 0 amide bonds. The normalized spacial score (nSPS) is 16.8. The van der Waals surface area contributed by atoms with E-state index in [9.17, 15) is 8.78 Å². The lowest BCUT2D eigenvalue weighted by Crippen LogP contribution is -2.15. The lowest BCUT2D eigenvalue weighted by atomic mass is 10.1. The van der Waals surface area contributed by atoms with Gasteiger partial charge in [0.1, 0.15) is 6.61 Å². The van der Waals surface area contributed by atoms with Gasteiger partial charge in [0.05, 0.1) is 0 Å². The van der Waals surface area contributed by atoms with Gasteiger partial charge in [0.2, 0.25) is 0 Å². The van der Waals surface area contributed by atoms with Gasteiger partial charge in [-0.15, -0.1) is 23.4 Å². The van der Waals surface area contributed by atoms with E-state index in [2.05, 4.69) is 12.1 Å². The molecule has 1 heterocycles. The summed E-state index contributed by atoms with van der Waals surface area (Å²) in [6.07, 6.45) is 0.851. The number of alkyl halides is 1. The Morgan fingerprint density at radius 3 is 2.57 bits per heavy atom. The number of rotatable bonds is 4. The fourth-order valence-electron chi connectivity index (χ4n) is 2.35. The highest BCUT2D eigenvalue weighted by Crippen LogP contribution is 2.37. The van der Waals surface area contributed by atoms with Gasteiger partial charge in [0, 0.05) is 16.0 Å². The lowest BCUT2D eigenvalue weighted by molar-refractivity contribution is 0.285. The summed E-state index contributed by atoms with van der Waals surface area (Å²) < 4.78 is 33.0. The molecule has 1 atom stereocenters. The molecular formula is C16H13ClF2OS. The molecule has 1 unspecified atom stereocenters. The standard InChI is InChI=1S/C16H13ClF2OS/c17-8-10-5-13(18)16(14(19)6-10)20-9-12-7-11-3-1-2-4-15(11)21-12/h1-6,12H,7-9H2. The minimum atomic E-state index is -0.703. The van der Waals surface area contributed by atoms with Crippen LogP contribution in [-0.4, -0.2) is 11.9 Å². The molecule has 0 aliphatic carbocycles. The minimum Gasteiger partial charge on any atom is -0.486 e. The molecule has 0 aromatic heterocycles. The molecule has 0 bridgehead atoms. The molecule has 110 valence electrons. The highest BCUT2D eigenvalue weighted by atomic mass is 35.5. The molecule has 0 saturated heterocycles. The van der Waals surface area contributed by atoms with E-state index in [-0.39, 0.29) is 23.5 Å². The average molecular weight is 327 g/mol. The minimum absolute atomic E-state index is 0.0713. The van der Waals surface area contributed by atoms with Gasteiger partial charge >= 0.3 is 0 Å². The quantitative estimate of drug-likeness (QED) is 0.746. The van der Waals surface area contributed by atoms with E-state index in [4.69, 9.17) is 16.3 Å². The van der Waals surface area contributed by atoms with Gasteiger partial charge in [0.25, 0.3) is 0 Å². The first-order chi connectivity index (χ1) is 10.2. The number of halogens is 3. The van der Waals surface area contributed by atoms with Crippen LogP contribution < -0.4 is 4.74 Å². The monoisotopic (exact) mass is 326 g/mol. The second-order valence-corrected chi connectivity index (χ2v) is 6.49. The zero-order chi connectivity index (χ0) is 14.8. The summed E-state index contributed by atoms with van der Waals surface area (Å²) in [4.78, 5) is 1.21. The predicted octanol–water partition coefficient (Wildman–Crippen LogP) is 4.80. The number of hydrogen-bond donors (Lipinski definition) is 0. The smallest absolute Gasteiger partial charge is 0.190 e. The molecule has 0 fully saturated rings. The molecule has 0 radical (unpaired) electrons. The maximum absolute atomic E-state index is 13.8. The predicted molar refractivity (Wildman–Crippen MR) is 81.2 cm³/mol. The van der Waals surface area contributed by atoms with Crippen LogP contribution in [0.25, 0.3) is 0 Å². The number of thioether (sulfide) groups is 1. The molecule has 0 saturated carbocycles. The zero-order valence-corrected chi connectivity index (χ0v) is 12.7. The summed E-state index contributed by atoms with van der Waals surface area (Å²) in [5, 5.41) is 0.175.